The van der Waals surface area contributed by atoms with Gasteiger partial charge in [-0.2, -0.15) is 0 Å². The molecule has 198 valence electrons. The number of allylic oxidation sites excluding steroid dienone is 1. The Morgan fingerprint density at radius 2 is 1.89 bits per heavy atom. The Hall–Kier alpha value is -3.94. The summed E-state index contributed by atoms with van der Waals surface area (Å²) in [7, 11) is 3.70. The number of amides is 4. The number of imide groups is 1. The van der Waals surface area contributed by atoms with Crippen LogP contribution in [0.15, 0.2) is 54.7 Å². The van der Waals surface area contributed by atoms with Crippen molar-refractivity contribution in [2.45, 2.75) is 50.7 Å². The SMILES string of the molecule is CC(C1CC1)N(Cc1ccccc1)C(=O)CN1C(=O)NC2(CCc3cc(C(C=O)=CN(C)C)ccc32)C1=O. The third-order valence-corrected chi connectivity index (χ3v) is 7.97. The van der Waals surface area contributed by atoms with Gasteiger partial charge in [-0.05, 0) is 60.8 Å². The zero-order chi connectivity index (χ0) is 27.0. The van der Waals surface area contributed by atoms with E-state index in [0.717, 1.165) is 46.3 Å². The normalized spacial score (nSPS) is 21.3. The van der Waals surface area contributed by atoms with E-state index in [4.69, 9.17) is 0 Å². The Balaban J connectivity index is 1.37. The number of rotatable bonds is 9. The molecule has 1 saturated carbocycles. The Bertz CT molecular complexity index is 1300. The molecule has 8 nitrogen and oxygen atoms in total. The maximum atomic E-state index is 13.8. The monoisotopic (exact) mass is 514 g/mol. The van der Waals surface area contributed by atoms with Crippen LogP contribution in [0.3, 0.4) is 0 Å². The summed E-state index contributed by atoms with van der Waals surface area (Å²) in [6, 6.07) is 14.8. The molecule has 2 aromatic rings. The van der Waals surface area contributed by atoms with Crippen molar-refractivity contribution in [1.29, 1.82) is 0 Å². The molecule has 1 heterocycles. The molecule has 2 aromatic carbocycles. The highest BCUT2D eigenvalue weighted by Gasteiger charge is 2.56. The summed E-state index contributed by atoms with van der Waals surface area (Å²) in [6.07, 6.45) is 5.73. The van der Waals surface area contributed by atoms with E-state index in [2.05, 4.69) is 12.2 Å². The minimum Gasteiger partial charge on any atom is -0.383 e. The van der Waals surface area contributed by atoms with Gasteiger partial charge >= 0.3 is 6.03 Å². The second-order valence-corrected chi connectivity index (χ2v) is 10.8. The van der Waals surface area contributed by atoms with E-state index in [-0.39, 0.29) is 24.4 Å². The largest absolute Gasteiger partial charge is 0.383 e. The first kappa shape index (κ1) is 25.7. The molecule has 1 aliphatic heterocycles. The molecule has 2 aliphatic carbocycles. The number of hydrogen-bond acceptors (Lipinski definition) is 5. The lowest BCUT2D eigenvalue weighted by Gasteiger charge is -2.31. The van der Waals surface area contributed by atoms with Crippen molar-refractivity contribution < 1.29 is 19.2 Å². The lowest BCUT2D eigenvalue weighted by molar-refractivity contribution is -0.141. The number of aryl methyl sites for hydroxylation is 1. The number of urea groups is 1. The number of carbonyl (C=O) groups excluding carboxylic acids is 4. The number of fused-ring (bicyclic) bond motifs is 2. The standard InChI is InChI=1S/C30H34N4O4/c1-20(22-9-10-22)33(16-21-7-5-4-6-8-21)27(36)18-34-28(37)30(31-29(34)38)14-13-24-15-23(11-12-26(24)30)25(19-35)17-32(2)3/h4-8,11-12,15,17,19-20,22H,9-10,13-14,16,18H2,1-3H3,(H,31,38). The van der Waals surface area contributed by atoms with Gasteiger partial charge in [-0.1, -0.05) is 48.5 Å². The molecular formula is C30H34N4O4. The van der Waals surface area contributed by atoms with Gasteiger partial charge in [0, 0.05) is 38.5 Å². The zero-order valence-corrected chi connectivity index (χ0v) is 22.1. The zero-order valence-electron chi connectivity index (χ0n) is 22.1. The van der Waals surface area contributed by atoms with E-state index in [1.165, 1.54) is 0 Å². The molecule has 2 unspecified atom stereocenters. The quantitative estimate of drug-likeness (QED) is 0.315. The minimum absolute atomic E-state index is 0.0327. The molecule has 2 fully saturated rings. The van der Waals surface area contributed by atoms with Gasteiger partial charge in [-0.15, -0.1) is 0 Å². The van der Waals surface area contributed by atoms with Crippen LogP contribution in [-0.2, 0) is 32.9 Å². The molecule has 4 amide bonds. The Morgan fingerprint density at radius 3 is 2.55 bits per heavy atom. The van der Waals surface area contributed by atoms with Crippen LogP contribution >= 0.6 is 0 Å². The van der Waals surface area contributed by atoms with E-state index in [1.54, 1.807) is 11.1 Å². The number of nitrogens with one attached hydrogen (secondary N) is 1. The fourth-order valence-corrected chi connectivity index (χ4v) is 5.72. The van der Waals surface area contributed by atoms with Crippen LogP contribution in [0, 0.1) is 5.92 Å². The molecule has 8 heteroatoms. The molecule has 1 spiro atoms. The van der Waals surface area contributed by atoms with Crippen molar-refractivity contribution in [2.75, 3.05) is 20.6 Å². The summed E-state index contributed by atoms with van der Waals surface area (Å²) in [4.78, 5) is 56.8. The highest BCUT2D eigenvalue weighted by molar-refractivity contribution is 6.10. The number of nitrogens with zero attached hydrogens (tertiary/aromatic N) is 3. The summed E-state index contributed by atoms with van der Waals surface area (Å²) in [5, 5.41) is 2.91. The first-order chi connectivity index (χ1) is 18.2. The Kier molecular flexibility index (Phi) is 6.82. The third-order valence-electron chi connectivity index (χ3n) is 7.97. The van der Waals surface area contributed by atoms with Crippen LogP contribution in [0.25, 0.3) is 5.57 Å². The van der Waals surface area contributed by atoms with E-state index in [0.29, 0.717) is 30.9 Å². The summed E-state index contributed by atoms with van der Waals surface area (Å²) in [6.45, 7) is 2.21. The lowest BCUT2D eigenvalue weighted by Crippen LogP contribution is -2.47. The second kappa shape index (κ2) is 10.1. The van der Waals surface area contributed by atoms with Crippen molar-refractivity contribution >= 4 is 29.7 Å². The van der Waals surface area contributed by atoms with E-state index >= 15 is 0 Å². The molecule has 2 atom stereocenters. The van der Waals surface area contributed by atoms with Gasteiger partial charge in [-0.25, -0.2) is 4.79 Å². The molecule has 0 radical (unpaired) electrons. The van der Waals surface area contributed by atoms with Crippen molar-refractivity contribution in [1.82, 2.24) is 20.0 Å². The maximum absolute atomic E-state index is 13.8. The first-order valence-electron chi connectivity index (χ1n) is 13.2. The van der Waals surface area contributed by atoms with Gasteiger partial charge in [0.05, 0.1) is 0 Å². The Morgan fingerprint density at radius 1 is 1.16 bits per heavy atom. The summed E-state index contributed by atoms with van der Waals surface area (Å²) < 4.78 is 0. The van der Waals surface area contributed by atoms with Gasteiger partial charge < -0.3 is 15.1 Å². The van der Waals surface area contributed by atoms with Crippen LogP contribution in [-0.4, -0.2) is 65.5 Å². The lowest BCUT2D eigenvalue weighted by atomic mass is 9.90. The van der Waals surface area contributed by atoms with Crippen LogP contribution < -0.4 is 5.32 Å². The van der Waals surface area contributed by atoms with Crippen molar-refractivity contribution in [3.8, 4) is 0 Å². The van der Waals surface area contributed by atoms with Gasteiger partial charge in [-0.3, -0.25) is 19.3 Å². The minimum atomic E-state index is -1.18. The van der Waals surface area contributed by atoms with Gasteiger partial charge in [0.2, 0.25) is 5.91 Å². The highest BCUT2D eigenvalue weighted by Crippen LogP contribution is 2.42. The van der Waals surface area contributed by atoms with E-state index in [9.17, 15) is 19.2 Å². The molecule has 0 aromatic heterocycles. The van der Waals surface area contributed by atoms with Crippen molar-refractivity contribution in [3.63, 3.8) is 0 Å². The highest BCUT2D eigenvalue weighted by atomic mass is 16.2. The van der Waals surface area contributed by atoms with Gasteiger partial charge in [0.25, 0.3) is 5.91 Å². The Labute approximate surface area is 223 Å². The predicted octanol–water partition coefficient (Wildman–Crippen LogP) is 3.31. The molecular weight excluding hydrogens is 480 g/mol. The number of carbonyl (C=O) groups is 4. The summed E-state index contributed by atoms with van der Waals surface area (Å²) in [5.74, 6) is -0.168. The predicted molar refractivity (Wildman–Crippen MR) is 144 cm³/mol. The maximum Gasteiger partial charge on any atom is 0.325 e. The summed E-state index contributed by atoms with van der Waals surface area (Å²) in [5.41, 5.74) is 2.79. The average molecular weight is 515 g/mol. The molecule has 0 bridgehead atoms. The molecule has 1 saturated heterocycles. The third kappa shape index (κ3) is 4.71. The van der Waals surface area contributed by atoms with Gasteiger partial charge in [0.15, 0.2) is 6.29 Å². The van der Waals surface area contributed by atoms with E-state index < -0.39 is 11.6 Å². The molecule has 1 N–H and O–H groups in total. The fourth-order valence-electron chi connectivity index (χ4n) is 5.72. The number of hydrogen-bond donors (Lipinski definition) is 1. The van der Waals surface area contributed by atoms with Crippen LogP contribution in [0.5, 0.6) is 0 Å². The van der Waals surface area contributed by atoms with Crippen molar-refractivity contribution in [2.24, 2.45) is 5.92 Å². The molecule has 38 heavy (non-hydrogen) atoms. The van der Waals surface area contributed by atoms with Gasteiger partial charge in [0.1, 0.15) is 12.1 Å². The van der Waals surface area contributed by atoms with Crippen LogP contribution in [0.2, 0.25) is 0 Å². The van der Waals surface area contributed by atoms with Crippen LogP contribution in [0.1, 0.15) is 48.4 Å². The topological polar surface area (TPSA) is 90.0 Å². The van der Waals surface area contributed by atoms with Crippen molar-refractivity contribution in [3.05, 3.63) is 77.0 Å². The van der Waals surface area contributed by atoms with Crippen LogP contribution in [0.4, 0.5) is 4.79 Å². The summed E-state index contributed by atoms with van der Waals surface area (Å²) >= 11 is 0. The average Bonchev–Trinajstić information content (AvgIpc) is 3.66. The number of benzene rings is 2. The first-order valence-corrected chi connectivity index (χ1v) is 13.2. The smallest absolute Gasteiger partial charge is 0.325 e. The molecule has 3 aliphatic rings. The fraction of sp³-hybridized carbons (Fsp3) is 0.400. The molecule has 5 rings (SSSR count). The van der Waals surface area contributed by atoms with E-state index in [1.807, 2.05) is 67.5 Å². The number of aldehydes is 1. The second-order valence-electron chi connectivity index (χ2n) is 10.8.